The number of para-hydroxylation sites is 1. The van der Waals surface area contributed by atoms with Crippen molar-refractivity contribution < 1.29 is 14.6 Å². The van der Waals surface area contributed by atoms with Gasteiger partial charge in [-0.05, 0) is 39.3 Å². The Kier molecular flexibility index (Phi) is 4.55. The molecule has 1 atom stereocenters. The van der Waals surface area contributed by atoms with Crippen LogP contribution in [0.25, 0.3) is 0 Å². The second-order valence-electron chi connectivity index (χ2n) is 5.75. The highest BCUT2D eigenvalue weighted by Gasteiger charge is 2.24. The Morgan fingerprint density at radius 3 is 2.42 bits per heavy atom. The van der Waals surface area contributed by atoms with Gasteiger partial charge in [-0.15, -0.1) is 0 Å². The van der Waals surface area contributed by atoms with Crippen molar-refractivity contribution in [1.29, 1.82) is 0 Å². The molecule has 0 aliphatic heterocycles. The molecule has 1 unspecified atom stereocenters. The van der Waals surface area contributed by atoms with Crippen LogP contribution in [-0.2, 0) is 10.3 Å². The second kappa shape index (κ2) is 5.59. The van der Waals surface area contributed by atoms with Gasteiger partial charge in [-0.1, -0.05) is 18.2 Å². The largest absolute Gasteiger partial charge is 0.444 e. The molecule has 4 N–H and O–H groups in total. The number of nitrogens with two attached hydrogens (primary N) is 1. The molecule has 0 heterocycles. The third-order valence-corrected chi connectivity index (χ3v) is 2.51. The van der Waals surface area contributed by atoms with Gasteiger partial charge in [0.2, 0.25) is 0 Å². The monoisotopic (exact) mass is 266 g/mol. The van der Waals surface area contributed by atoms with Crippen molar-refractivity contribution in [1.82, 2.24) is 0 Å². The van der Waals surface area contributed by atoms with Crippen molar-refractivity contribution in [2.24, 2.45) is 5.73 Å². The van der Waals surface area contributed by atoms with Gasteiger partial charge in [0.1, 0.15) is 5.60 Å². The number of carbonyl (C=O) groups excluding carboxylic acids is 1. The Balaban J connectivity index is 2.94. The summed E-state index contributed by atoms with van der Waals surface area (Å²) in [7, 11) is 0. The van der Waals surface area contributed by atoms with Gasteiger partial charge in [0, 0.05) is 5.69 Å². The zero-order valence-corrected chi connectivity index (χ0v) is 11.9. The van der Waals surface area contributed by atoms with Crippen molar-refractivity contribution in [3.8, 4) is 0 Å². The second-order valence-corrected chi connectivity index (χ2v) is 5.75. The number of rotatable bonds is 3. The molecule has 0 radical (unpaired) electrons. The lowest BCUT2D eigenvalue weighted by atomic mass is 9.92. The molecular formula is C14H22N2O3. The predicted molar refractivity (Wildman–Crippen MR) is 74.9 cm³/mol. The van der Waals surface area contributed by atoms with Gasteiger partial charge in [0.25, 0.3) is 0 Å². The van der Waals surface area contributed by atoms with E-state index < -0.39 is 17.2 Å². The Morgan fingerprint density at radius 2 is 1.89 bits per heavy atom. The normalized spacial score (nSPS) is 14.6. The molecule has 0 spiro atoms. The van der Waals surface area contributed by atoms with Gasteiger partial charge in [0.15, 0.2) is 0 Å². The van der Waals surface area contributed by atoms with Crippen LogP contribution in [0.2, 0.25) is 0 Å². The van der Waals surface area contributed by atoms with Gasteiger partial charge in [-0.2, -0.15) is 0 Å². The molecule has 1 aromatic rings. The Hall–Kier alpha value is -1.59. The zero-order chi connectivity index (χ0) is 14.7. The van der Waals surface area contributed by atoms with Crippen LogP contribution in [0.1, 0.15) is 33.3 Å². The molecule has 0 aromatic heterocycles. The first kappa shape index (κ1) is 15.5. The molecule has 0 saturated heterocycles. The first-order valence-electron chi connectivity index (χ1n) is 6.15. The summed E-state index contributed by atoms with van der Waals surface area (Å²) in [5.74, 6) is 0. The summed E-state index contributed by atoms with van der Waals surface area (Å²) in [4.78, 5) is 11.8. The smallest absolute Gasteiger partial charge is 0.412 e. The average molecular weight is 266 g/mol. The first-order valence-corrected chi connectivity index (χ1v) is 6.15. The van der Waals surface area contributed by atoms with Crippen molar-refractivity contribution in [2.45, 2.75) is 38.8 Å². The topological polar surface area (TPSA) is 84.6 Å². The molecule has 1 rings (SSSR count). The Bertz CT molecular complexity index is 450. The van der Waals surface area contributed by atoms with E-state index in [0.29, 0.717) is 11.3 Å². The van der Waals surface area contributed by atoms with Crippen molar-refractivity contribution in [3.05, 3.63) is 29.8 Å². The number of aliphatic hydroxyl groups excluding tert-OH is 1. The van der Waals surface area contributed by atoms with Crippen molar-refractivity contribution in [2.75, 3.05) is 11.9 Å². The third kappa shape index (κ3) is 4.54. The van der Waals surface area contributed by atoms with Crippen LogP contribution < -0.4 is 11.1 Å². The maximum Gasteiger partial charge on any atom is 0.412 e. The number of hydrogen-bond acceptors (Lipinski definition) is 4. The predicted octanol–water partition coefficient (Wildman–Crippen LogP) is 2.20. The van der Waals surface area contributed by atoms with E-state index in [2.05, 4.69) is 5.32 Å². The van der Waals surface area contributed by atoms with Gasteiger partial charge in [0.05, 0.1) is 12.1 Å². The SMILES string of the molecule is CC(C)(C)OC(=O)Nc1ccccc1C(C)(N)CO. The molecule has 0 aliphatic carbocycles. The maximum absolute atomic E-state index is 11.8. The first-order chi connectivity index (χ1) is 8.65. The summed E-state index contributed by atoms with van der Waals surface area (Å²) in [5, 5.41) is 12.0. The fraction of sp³-hybridized carbons (Fsp3) is 0.500. The van der Waals surface area contributed by atoms with Crippen LogP contribution in [-0.4, -0.2) is 23.4 Å². The molecular weight excluding hydrogens is 244 g/mol. The highest BCUT2D eigenvalue weighted by Crippen LogP contribution is 2.26. The van der Waals surface area contributed by atoms with Crippen LogP contribution >= 0.6 is 0 Å². The molecule has 0 fully saturated rings. The minimum Gasteiger partial charge on any atom is -0.444 e. The number of nitrogens with one attached hydrogen (secondary N) is 1. The number of amides is 1. The lowest BCUT2D eigenvalue weighted by Gasteiger charge is -2.26. The highest BCUT2D eigenvalue weighted by atomic mass is 16.6. The summed E-state index contributed by atoms with van der Waals surface area (Å²) in [5.41, 5.74) is 5.70. The van der Waals surface area contributed by atoms with E-state index in [1.54, 1.807) is 52.0 Å². The summed E-state index contributed by atoms with van der Waals surface area (Å²) in [6, 6.07) is 7.07. The van der Waals surface area contributed by atoms with Crippen LogP contribution in [0.15, 0.2) is 24.3 Å². The number of carbonyl (C=O) groups is 1. The third-order valence-electron chi connectivity index (χ3n) is 2.51. The van der Waals surface area contributed by atoms with Gasteiger partial charge < -0.3 is 15.6 Å². The van der Waals surface area contributed by atoms with E-state index in [9.17, 15) is 9.90 Å². The highest BCUT2D eigenvalue weighted by molar-refractivity contribution is 5.86. The minimum atomic E-state index is -0.925. The van der Waals surface area contributed by atoms with Gasteiger partial charge in [-0.3, -0.25) is 5.32 Å². The standard InChI is InChI=1S/C14H22N2O3/c1-13(2,3)19-12(18)16-11-8-6-5-7-10(11)14(4,15)9-17/h5-8,17H,9,15H2,1-4H3,(H,16,18). The van der Waals surface area contributed by atoms with E-state index >= 15 is 0 Å². The molecule has 0 aliphatic rings. The summed E-state index contributed by atoms with van der Waals surface area (Å²) >= 11 is 0. The lowest BCUT2D eigenvalue weighted by molar-refractivity contribution is 0.0635. The Morgan fingerprint density at radius 1 is 1.32 bits per heavy atom. The zero-order valence-electron chi connectivity index (χ0n) is 11.9. The molecule has 106 valence electrons. The van der Waals surface area contributed by atoms with Crippen LogP contribution in [0.3, 0.4) is 0 Å². The van der Waals surface area contributed by atoms with E-state index in [1.165, 1.54) is 0 Å². The Labute approximate surface area is 113 Å². The maximum atomic E-state index is 11.8. The van der Waals surface area contributed by atoms with Gasteiger partial charge in [-0.25, -0.2) is 4.79 Å². The number of aliphatic hydroxyl groups is 1. The number of benzene rings is 1. The van der Waals surface area contributed by atoms with Crippen LogP contribution in [0.4, 0.5) is 10.5 Å². The summed E-state index contributed by atoms with van der Waals surface area (Å²) in [6.45, 7) is 6.85. The van der Waals surface area contributed by atoms with Crippen molar-refractivity contribution >= 4 is 11.8 Å². The van der Waals surface area contributed by atoms with Gasteiger partial charge >= 0.3 is 6.09 Å². The van der Waals surface area contributed by atoms with E-state index in [-0.39, 0.29) is 6.61 Å². The number of anilines is 1. The molecule has 1 aromatic carbocycles. The molecule has 5 heteroatoms. The fourth-order valence-electron chi connectivity index (χ4n) is 1.59. The average Bonchev–Trinajstić information content (AvgIpc) is 2.27. The van der Waals surface area contributed by atoms with E-state index in [1.807, 2.05) is 0 Å². The quantitative estimate of drug-likeness (QED) is 0.783. The number of hydrogen-bond donors (Lipinski definition) is 3. The lowest BCUT2D eigenvalue weighted by Crippen LogP contribution is -2.38. The summed E-state index contributed by atoms with van der Waals surface area (Å²) in [6.07, 6.45) is -0.548. The molecule has 0 bridgehead atoms. The fourth-order valence-corrected chi connectivity index (χ4v) is 1.59. The molecule has 0 saturated carbocycles. The summed E-state index contributed by atoms with van der Waals surface area (Å²) < 4.78 is 5.19. The molecule has 5 nitrogen and oxygen atoms in total. The van der Waals surface area contributed by atoms with Crippen molar-refractivity contribution in [3.63, 3.8) is 0 Å². The molecule has 19 heavy (non-hydrogen) atoms. The van der Waals surface area contributed by atoms with Crippen LogP contribution in [0.5, 0.6) is 0 Å². The van der Waals surface area contributed by atoms with Crippen LogP contribution in [0, 0.1) is 0 Å². The number of ether oxygens (including phenoxy) is 1. The minimum absolute atomic E-state index is 0.222. The molecule has 1 amide bonds. The van der Waals surface area contributed by atoms with E-state index in [0.717, 1.165) is 0 Å². The van der Waals surface area contributed by atoms with E-state index in [4.69, 9.17) is 10.5 Å².